The fourth-order valence-corrected chi connectivity index (χ4v) is 1.17. The van der Waals surface area contributed by atoms with Crippen LogP contribution < -0.4 is 4.72 Å². The summed E-state index contributed by atoms with van der Waals surface area (Å²) in [6.07, 6.45) is -4.42. The van der Waals surface area contributed by atoms with Crippen LogP contribution >= 0.6 is 12.8 Å². The molecule has 1 saturated carbocycles. The lowest BCUT2D eigenvalue weighted by atomic mass is 9.90. The van der Waals surface area contributed by atoms with E-state index >= 15 is 0 Å². The zero-order valence-electron chi connectivity index (χ0n) is 5.56. The Morgan fingerprint density at radius 3 is 2.27 bits per heavy atom. The van der Waals surface area contributed by atoms with E-state index in [-0.39, 0.29) is 6.04 Å². The summed E-state index contributed by atoms with van der Waals surface area (Å²) in [6.45, 7) is 0. The Kier molecular flexibility index (Phi) is 2.66. The molecule has 1 fully saturated rings. The molecule has 0 atom stereocenters. The van der Waals surface area contributed by atoms with Gasteiger partial charge in [0.15, 0.2) is 0 Å². The van der Waals surface area contributed by atoms with Crippen molar-refractivity contribution in [2.45, 2.75) is 31.3 Å². The van der Waals surface area contributed by atoms with Crippen molar-refractivity contribution in [2.24, 2.45) is 0 Å². The van der Waals surface area contributed by atoms with Gasteiger partial charge in [-0.1, -0.05) is 12.8 Å². The van der Waals surface area contributed by atoms with Crippen LogP contribution in [0, 0.1) is 0 Å². The number of hydrogen-bond acceptors (Lipinski definition) is 3. The molecule has 0 spiro atoms. The second-order valence-electron chi connectivity index (χ2n) is 2.48. The number of alkyl halides is 3. The molecular formula is C5H8F3NOS. The van der Waals surface area contributed by atoms with Gasteiger partial charge < -0.3 is 0 Å². The lowest BCUT2D eigenvalue weighted by Gasteiger charge is -2.34. The van der Waals surface area contributed by atoms with Gasteiger partial charge >= 0.3 is 6.36 Å². The van der Waals surface area contributed by atoms with Crippen LogP contribution in [0.25, 0.3) is 0 Å². The van der Waals surface area contributed by atoms with E-state index in [0.717, 1.165) is 0 Å². The predicted molar refractivity (Wildman–Crippen MR) is 36.1 cm³/mol. The van der Waals surface area contributed by atoms with Gasteiger partial charge in [0.1, 0.15) is 0 Å². The first kappa shape index (κ1) is 9.15. The van der Waals surface area contributed by atoms with Gasteiger partial charge in [-0.05, 0) is 12.8 Å². The lowest BCUT2D eigenvalue weighted by molar-refractivity contribution is -0.351. The highest BCUT2D eigenvalue weighted by Crippen LogP contribution is 2.30. The number of halogens is 3. The maximum absolute atomic E-state index is 11.5. The van der Waals surface area contributed by atoms with Gasteiger partial charge in [0, 0.05) is 6.04 Å². The summed E-state index contributed by atoms with van der Waals surface area (Å²) in [5.41, 5.74) is 0. The quantitative estimate of drug-likeness (QED) is 0.639. The number of nitrogens with one attached hydrogen (secondary N) is 1. The Balaban J connectivity index is 2.14. The first-order valence-electron chi connectivity index (χ1n) is 3.15. The molecule has 0 radical (unpaired) electrons. The van der Waals surface area contributed by atoms with Crippen LogP contribution in [0.3, 0.4) is 0 Å². The summed E-state index contributed by atoms with van der Waals surface area (Å²) < 4.78 is 40.8. The minimum absolute atomic E-state index is 0.0608. The van der Waals surface area contributed by atoms with Crippen molar-refractivity contribution in [2.75, 3.05) is 0 Å². The molecule has 6 heteroatoms. The number of rotatable bonds is 2. The number of thiol groups is 1. The normalized spacial score (nSPS) is 31.6. The van der Waals surface area contributed by atoms with Crippen LogP contribution in [0.2, 0.25) is 0 Å². The molecule has 0 bridgehead atoms. The summed E-state index contributed by atoms with van der Waals surface area (Å²) >= 11 is 3.71. The van der Waals surface area contributed by atoms with E-state index < -0.39 is 12.5 Å². The molecule has 2 nitrogen and oxygen atoms in total. The average molecular weight is 187 g/mol. The summed E-state index contributed by atoms with van der Waals surface area (Å²) in [5, 5.41) is 0. The Hall–Kier alpha value is 0.0600. The Bertz CT molecular complexity index is 134. The molecule has 11 heavy (non-hydrogen) atoms. The predicted octanol–water partition coefficient (Wildman–Crippen LogP) is 1.49. The highest BCUT2D eigenvalue weighted by molar-refractivity contribution is 7.78. The zero-order chi connectivity index (χ0) is 8.48. The molecule has 0 unspecified atom stereocenters. The third-order valence-electron chi connectivity index (χ3n) is 1.58. The van der Waals surface area contributed by atoms with E-state index in [9.17, 15) is 13.2 Å². The fourth-order valence-electron chi connectivity index (χ4n) is 0.956. The average Bonchev–Trinajstić information content (AvgIpc) is 1.75. The summed E-state index contributed by atoms with van der Waals surface area (Å²) in [4.78, 5) is 0. The molecule has 66 valence electrons. The first-order valence-corrected chi connectivity index (χ1v) is 3.60. The summed E-state index contributed by atoms with van der Waals surface area (Å²) in [7, 11) is 0. The second-order valence-corrected chi connectivity index (χ2v) is 2.74. The van der Waals surface area contributed by atoms with Crippen LogP contribution in [0.4, 0.5) is 13.2 Å². The van der Waals surface area contributed by atoms with Gasteiger partial charge in [-0.2, -0.15) is 0 Å². The van der Waals surface area contributed by atoms with Crippen molar-refractivity contribution in [3.8, 4) is 0 Å². The molecule has 1 aliphatic rings. The molecule has 0 aromatic carbocycles. The maximum Gasteiger partial charge on any atom is 0.522 e. The van der Waals surface area contributed by atoms with E-state index in [1.807, 2.05) is 0 Å². The summed E-state index contributed by atoms with van der Waals surface area (Å²) in [5.74, 6) is 0. The molecule has 0 heterocycles. The van der Waals surface area contributed by atoms with Crippen LogP contribution in [0.15, 0.2) is 0 Å². The molecule has 0 saturated heterocycles. The molecule has 0 aromatic rings. The highest BCUT2D eigenvalue weighted by atomic mass is 32.1. The van der Waals surface area contributed by atoms with Gasteiger partial charge in [0.25, 0.3) is 0 Å². The van der Waals surface area contributed by atoms with Crippen molar-refractivity contribution in [1.29, 1.82) is 0 Å². The molecule has 1 rings (SSSR count). The van der Waals surface area contributed by atoms with E-state index in [4.69, 9.17) is 0 Å². The Morgan fingerprint density at radius 1 is 1.36 bits per heavy atom. The van der Waals surface area contributed by atoms with Crippen LogP contribution in [-0.4, -0.2) is 18.5 Å². The van der Waals surface area contributed by atoms with Crippen molar-refractivity contribution in [1.82, 2.24) is 4.72 Å². The van der Waals surface area contributed by atoms with Gasteiger partial charge in [0.05, 0.1) is 6.10 Å². The topological polar surface area (TPSA) is 21.3 Å². The first-order chi connectivity index (χ1) is 5.01. The lowest BCUT2D eigenvalue weighted by Crippen LogP contribution is -2.44. The molecule has 0 aliphatic heterocycles. The second kappa shape index (κ2) is 3.20. The van der Waals surface area contributed by atoms with Crippen molar-refractivity contribution in [3.63, 3.8) is 0 Å². The smallest absolute Gasteiger partial charge is 0.288 e. The SMILES string of the molecule is FC(F)(F)OC1CC(NS)C1. The van der Waals surface area contributed by atoms with Crippen molar-refractivity contribution < 1.29 is 17.9 Å². The largest absolute Gasteiger partial charge is 0.522 e. The molecule has 1 N–H and O–H groups in total. The molecular weight excluding hydrogens is 179 g/mol. The Morgan fingerprint density at radius 2 is 1.91 bits per heavy atom. The summed E-state index contributed by atoms with van der Waals surface area (Å²) in [6, 6.07) is 0.0608. The van der Waals surface area contributed by atoms with Crippen molar-refractivity contribution >= 4 is 12.8 Å². The van der Waals surface area contributed by atoms with Crippen molar-refractivity contribution in [3.05, 3.63) is 0 Å². The molecule has 0 aromatic heterocycles. The van der Waals surface area contributed by atoms with Crippen LogP contribution in [0.1, 0.15) is 12.8 Å². The van der Waals surface area contributed by atoms with E-state index in [1.165, 1.54) is 0 Å². The molecule has 1 aliphatic carbocycles. The van der Waals surface area contributed by atoms with Gasteiger partial charge in [-0.15, -0.1) is 13.2 Å². The fraction of sp³-hybridized carbons (Fsp3) is 1.00. The van der Waals surface area contributed by atoms with E-state index in [0.29, 0.717) is 12.8 Å². The maximum atomic E-state index is 11.5. The third-order valence-corrected chi connectivity index (χ3v) is 1.94. The minimum Gasteiger partial charge on any atom is -0.288 e. The van der Waals surface area contributed by atoms with Gasteiger partial charge in [0.2, 0.25) is 0 Å². The number of hydrogen-bond donors (Lipinski definition) is 2. The standard InChI is InChI=1S/C5H8F3NOS/c6-5(7,8)10-4-1-3(2-4)9-11/h3-4,9,11H,1-2H2. The minimum atomic E-state index is -4.49. The molecule has 0 amide bonds. The van der Waals surface area contributed by atoms with E-state index in [1.54, 1.807) is 0 Å². The Labute approximate surface area is 67.6 Å². The van der Waals surface area contributed by atoms with E-state index in [2.05, 4.69) is 22.3 Å². The number of ether oxygens (including phenoxy) is 1. The van der Waals surface area contributed by atoms with Gasteiger partial charge in [-0.25, -0.2) is 0 Å². The third kappa shape index (κ3) is 2.88. The van der Waals surface area contributed by atoms with Crippen LogP contribution in [-0.2, 0) is 4.74 Å². The van der Waals surface area contributed by atoms with Gasteiger partial charge in [-0.3, -0.25) is 9.46 Å². The highest BCUT2D eigenvalue weighted by Gasteiger charge is 2.39. The zero-order valence-corrected chi connectivity index (χ0v) is 6.45. The van der Waals surface area contributed by atoms with Crippen LogP contribution in [0.5, 0.6) is 0 Å². The monoisotopic (exact) mass is 187 g/mol.